The Hall–Kier alpha value is -2.60. The maximum atomic E-state index is 12.3. The number of hydrogen-bond donors (Lipinski definition) is 2. The molecule has 0 saturated heterocycles. The number of esters is 1. The minimum absolute atomic E-state index is 0.185. The predicted octanol–water partition coefficient (Wildman–Crippen LogP) is 3.41. The Kier molecular flexibility index (Phi) is 6.14. The van der Waals surface area contributed by atoms with Gasteiger partial charge in [0.05, 0.1) is 24.8 Å². The summed E-state index contributed by atoms with van der Waals surface area (Å²) in [6.07, 6.45) is 1.53. The quantitative estimate of drug-likeness (QED) is 0.641. The van der Waals surface area contributed by atoms with Crippen molar-refractivity contribution in [3.05, 3.63) is 59.4 Å². The number of urea groups is 1. The number of benzene rings is 1. The second kappa shape index (κ2) is 8.31. The molecule has 1 aromatic carbocycles. The molecule has 6 nitrogen and oxygen atoms in total. The van der Waals surface area contributed by atoms with E-state index in [1.165, 1.54) is 13.3 Å². The fraction of sp³-hybridized carbons (Fsp3) is 0.235. The van der Waals surface area contributed by atoms with Gasteiger partial charge in [0.25, 0.3) is 0 Å². The van der Waals surface area contributed by atoms with Crippen molar-refractivity contribution in [2.75, 3.05) is 12.4 Å². The predicted molar refractivity (Wildman–Crippen MR) is 91.8 cm³/mol. The lowest BCUT2D eigenvalue weighted by Gasteiger charge is -2.24. The summed E-state index contributed by atoms with van der Waals surface area (Å²) < 4.78 is 4.79. The second-order valence-corrected chi connectivity index (χ2v) is 5.50. The van der Waals surface area contributed by atoms with Gasteiger partial charge in [-0.1, -0.05) is 41.9 Å². The van der Waals surface area contributed by atoms with Gasteiger partial charge in [-0.3, -0.25) is 4.79 Å². The molecule has 2 aromatic rings. The fourth-order valence-corrected chi connectivity index (χ4v) is 2.42. The number of methoxy groups -OCH3 is 1. The zero-order valence-electron chi connectivity index (χ0n) is 13.3. The van der Waals surface area contributed by atoms with E-state index in [9.17, 15) is 9.59 Å². The molecule has 0 unspecified atom stereocenters. The Morgan fingerprint density at radius 1 is 1.17 bits per heavy atom. The van der Waals surface area contributed by atoms with Crippen LogP contribution in [0.2, 0.25) is 5.15 Å². The first-order valence-electron chi connectivity index (χ1n) is 7.33. The molecule has 0 aliphatic rings. The van der Waals surface area contributed by atoms with Crippen LogP contribution in [0.3, 0.4) is 0 Å². The molecule has 1 aromatic heterocycles. The fourth-order valence-electron chi connectivity index (χ4n) is 2.26. The van der Waals surface area contributed by atoms with Crippen molar-refractivity contribution in [2.45, 2.75) is 13.0 Å². The zero-order valence-corrected chi connectivity index (χ0v) is 14.1. The lowest BCUT2D eigenvalue weighted by molar-refractivity contribution is -0.145. The zero-order chi connectivity index (χ0) is 17.5. The number of anilines is 1. The standard InChI is InChI=1S/C17H18ClN3O3/c1-11(16(22)24-2)14(12-7-4-3-5-8-12)21-17(23)20-13-9-6-10-19-15(13)18/h3-11,14H,1-2H3,(H2,20,21,23)/t11-,14+/m0/s1. The number of carbonyl (C=O) groups is 2. The van der Waals surface area contributed by atoms with E-state index >= 15 is 0 Å². The first-order valence-corrected chi connectivity index (χ1v) is 7.71. The minimum Gasteiger partial charge on any atom is -0.469 e. The van der Waals surface area contributed by atoms with Crippen molar-refractivity contribution in [1.29, 1.82) is 0 Å². The molecule has 2 atom stereocenters. The molecule has 0 saturated carbocycles. The molecule has 1 heterocycles. The van der Waals surface area contributed by atoms with E-state index in [2.05, 4.69) is 15.6 Å². The van der Waals surface area contributed by atoms with Gasteiger partial charge in [-0.15, -0.1) is 0 Å². The van der Waals surface area contributed by atoms with E-state index in [0.717, 1.165) is 5.56 Å². The van der Waals surface area contributed by atoms with Gasteiger partial charge in [0.2, 0.25) is 0 Å². The van der Waals surface area contributed by atoms with Crippen molar-refractivity contribution < 1.29 is 14.3 Å². The Labute approximate surface area is 145 Å². The third-order valence-corrected chi connectivity index (χ3v) is 3.83. The molecule has 0 aliphatic carbocycles. The summed E-state index contributed by atoms with van der Waals surface area (Å²) >= 11 is 5.93. The number of hydrogen-bond acceptors (Lipinski definition) is 4. The number of carbonyl (C=O) groups excluding carboxylic acids is 2. The maximum Gasteiger partial charge on any atom is 0.319 e. The highest BCUT2D eigenvalue weighted by Crippen LogP contribution is 2.24. The Bertz CT molecular complexity index is 709. The van der Waals surface area contributed by atoms with Crippen LogP contribution in [-0.4, -0.2) is 24.1 Å². The average Bonchev–Trinajstić information content (AvgIpc) is 2.61. The van der Waals surface area contributed by atoms with Gasteiger partial charge in [-0.2, -0.15) is 0 Å². The summed E-state index contributed by atoms with van der Waals surface area (Å²) in [5.74, 6) is -0.976. The van der Waals surface area contributed by atoms with Crippen LogP contribution in [0.5, 0.6) is 0 Å². The summed E-state index contributed by atoms with van der Waals surface area (Å²) in [4.78, 5) is 28.1. The molecule has 0 fully saturated rings. The number of halogens is 1. The van der Waals surface area contributed by atoms with Crippen molar-refractivity contribution in [2.24, 2.45) is 5.92 Å². The molecule has 0 spiro atoms. The topological polar surface area (TPSA) is 80.3 Å². The number of nitrogens with zero attached hydrogens (tertiary/aromatic N) is 1. The van der Waals surface area contributed by atoms with Gasteiger partial charge in [0.15, 0.2) is 5.15 Å². The number of amides is 2. The highest BCUT2D eigenvalue weighted by Gasteiger charge is 2.28. The Morgan fingerprint density at radius 2 is 1.88 bits per heavy atom. The minimum atomic E-state index is -0.562. The Morgan fingerprint density at radius 3 is 2.50 bits per heavy atom. The molecule has 2 rings (SSSR count). The Balaban J connectivity index is 2.17. The largest absolute Gasteiger partial charge is 0.469 e. The number of ether oxygens (including phenoxy) is 1. The van der Waals surface area contributed by atoms with E-state index in [0.29, 0.717) is 5.69 Å². The van der Waals surface area contributed by atoms with Gasteiger partial charge in [0.1, 0.15) is 0 Å². The van der Waals surface area contributed by atoms with Crippen LogP contribution >= 0.6 is 11.6 Å². The number of rotatable bonds is 5. The highest BCUT2D eigenvalue weighted by atomic mass is 35.5. The van der Waals surface area contributed by atoms with Crippen LogP contribution < -0.4 is 10.6 Å². The molecule has 7 heteroatoms. The summed E-state index contributed by atoms with van der Waals surface area (Å²) in [5.41, 5.74) is 1.18. The third kappa shape index (κ3) is 4.45. The second-order valence-electron chi connectivity index (χ2n) is 5.14. The molecule has 2 amide bonds. The lowest BCUT2D eigenvalue weighted by atomic mass is 9.94. The van der Waals surface area contributed by atoms with Crippen LogP contribution in [0.15, 0.2) is 48.7 Å². The van der Waals surface area contributed by atoms with Crippen LogP contribution in [0.25, 0.3) is 0 Å². The highest BCUT2D eigenvalue weighted by molar-refractivity contribution is 6.32. The molecular weight excluding hydrogens is 330 g/mol. The smallest absolute Gasteiger partial charge is 0.319 e. The van der Waals surface area contributed by atoms with E-state index in [1.54, 1.807) is 19.1 Å². The van der Waals surface area contributed by atoms with Crippen LogP contribution in [-0.2, 0) is 9.53 Å². The van der Waals surface area contributed by atoms with Gasteiger partial charge in [-0.25, -0.2) is 9.78 Å². The van der Waals surface area contributed by atoms with E-state index in [4.69, 9.17) is 16.3 Å². The number of pyridine rings is 1. The number of nitrogens with one attached hydrogen (secondary N) is 2. The number of aromatic nitrogens is 1. The van der Waals surface area contributed by atoms with Gasteiger partial charge >= 0.3 is 12.0 Å². The average molecular weight is 348 g/mol. The summed E-state index contributed by atoms with van der Waals surface area (Å²) in [5, 5.41) is 5.60. The summed E-state index contributed by atoms with van der Waals surface area (Å²) in [7, 11) is 1.32. The van der Waals surface area contributed by atoms with Crippen molar-refractivity contribution >= 4 is 29.3 Å². The molecular formula is C17H18ClN3O3. The molecule has 126 valence electrons. The van der Waals surface area contributed by atoms with Crippen LogP contribution in [0.1, 0.15) is 18.5 Å². The van der Waals surface area contributed by atoms with Crippen molar-refractivity contribution in [1.82, 2.24) is 10.3 Å². The molecule has 0 bridgehead atoms. The molecule has 24 heavy (non-hydrogen) atoms. The third-order valence-electron chi connectivity index (χ3n) is 3.53. The van der Waals surface area contributed by atoms with Gasteiger partial charge < -0.3 is 15.4 Å². The summed E-state index contributed by atoms with van der Waals surface area (Å²) in [6, 6.07) is 11.5. The van der Waals surface area contributed by atoms with Crippen molar-refractivity contribution in [3.63, 3.8) is 0 Å². The van der Waals surface area contributed by atoms with E-state index in [1.807, 2.05) is 30.3 Å². The molecule has 2 N–H and O–H groups in total. The maximum absolute atomic E-state index is 12.3. The molecule has 0 radical (unpaired) electrons. The monoisotopic (exact) mass is 347 g/mol. The summed E-state index contributed by atoms with van der Waals surface area (Å²) in [6.45, 7) is 1.70. The van der Waals surface area contributed by atoms with Gasteiger partial charge in [-0.05, 0) is 24.6 Å². The van der Waals surface area contributed by atoms with E-state index in [-0.39, 0.29) is 5.15 Å². The van der Waals surface area contributed by atoms with E-state index < -0.39 is 24.0 Å². The van der Waals surface area contributed by atoms with Crippen LogP contribution in [0, 0.1) is 5.92 Å². The normalized spacial score (nSPS) is 12.8. The first kappa shape index (κ1) is 17.7. The van der Waals surface area contributed by atoms with Gasteiger partial charge in [0, 0.05) is 6.20 Å². The SMILES string of the molecule is COC(=O)[C@@H](C)[C@@H](NC(=O)Nc1cccnc1Cl)c1ccccc1. The lowest BCUT2D eigenvalue weighted by Crippen LogP contribution is -2.38. The molecule has 0 aliphatic heterocycles. The van der Waals surface area contributed by atoms with Crippen molar-refractivity contribution in [3.8, 4) is 0 Å². The van der Waals surface area contributed by atoms with Crippen LogP contribution in [0.4, 0.5) is 10.5 Å². The first-order chi connectivity index (χ1) is 11.5.